The Morgan fingerprint density at radius 1 is 0.926 bits per heavy atom. The third-order valence-electron chi connectivity index (χ3n) is 5.73. The molecule has 4 rings (SSSR count). The van der Waals surface area contributed by atoms with E-state index in [-0.39, 0.29) is 0 Å². The highest BCUT2D eigenvalue weighted by Gasteiger charge is 2.23. The summed E-state index contributed by atoms with van der Waals surface area (Å²) in [7, 11) is 0. The van der Waals surface area contributed by atoms with Gasteiger partial charge < -0.3 is 10.4 Å². The summed E-state index contributed by atoms with van der Waals surface area (Å²) in [6.45, 7) is 2.23. The van der Waals surface area contributed by atoms with Crippen LogP contribution in [0.15, 0.2) is 72.8 Å². The van der Waals surface area contributed by atoms with E-state index < -0.39 is 0 Å². The molecule has 0 amide bonds. The van der Waals surface area contributed by atoms with Crippen LogP contribution in [0.1, 0.15) is 42.5 Å². The standard InChI is InChI=1S/C25H27NO/c1-2-24(21-13-11-19(12-14-21)18-7-4-3-5-8-18)26-22-16-15-20-9-6-10-25(27)23(20)17-22/h3-14,22,24,26-27H,2,15-17H2,1H3. The van der Waals surface area contributed by atoms with Gasteiger partial charge in [0.2, 0.25) is 0 Å². The lowest BCUT2D eigenvalue weighted by molar-refractivity contribution is 0.382. The molecule has 0 fully saturated rings. The second-order valence-electron chi connectivity index (χ2n) is 7.47. The maximum Gasteiger partial charge on any atom is 0.119 e. The number of aryl methyl sites for hydroxylation is 1. The van der Waals surface area contributed by atoms with E-state index in [0.717, 1.165) is 31.2 Å². The molecule has 0 radical (unpaired) electrons. The highest BCUT2D eigenvalue weighted by atomic mass is 16.3. The molecule has 2 atom stereocenters. The van der Waals surface area contributed by atoms with Crippen LogP contribution in [-0.4, -0.2) is 11.1 Å². The topological polar surface area (TPSA) is 32.3 Å². The van der Waals surface area contributed by atoms with Gasteiger partial charge in [0.1, 0.15) is 5.75 Å². The average molecular weight is 357 g/mol. The van der Waals surface area contributed by atoms with Crippen molar-refractivity contribution in [1.82, 2.24) is 5.32 Å². The molecule has 0 aromatic heterocycles. The predicted molar refractivity (Wildman–Crippen MR) is 112 cm³/mol. The summed E-state index contributed by atoms with van der Waals surface area (Å²) in [5.41, 5.74) is 6.26. The van der Waals surface area contributed by atoms with Gasteiger partial charge in [-0.05, 0) is 59.6 Å². The zero-order valence-electron chi connectivity index (χ0n) is 15.9. The summed E-state index contributed by atoms with van der Waals surface area (Å²) in [5.74, 6) is 0.444. The number of fused-ring (bicyclic) bond motifs is 1. The van der Waals surface area contributed by atoms with Gasteiger partial charge in [0.05, 0.1) is 0 Å². The Labute approximate surface area is 161 Å². The quantitative estimate of drug-likeness (QED) is 0.618. The van der Waals surface area contributed by atoms with Crippen molar-refractivity contribution in [1.29, 1.82) is 0 Å². The third-order valence-corrected chi connectivity index (χ3v) is 5.73. The highest BCUT2D eigenvalue weighted by molar-refractivity contribution is 5.63. The molecule has 0 heterocycles. The van der Waals surface area contributed by atoms with Gasteiger partial charge in [0.15, 0.2) is 0 Å². The first-order chi connectivity index (χ1) is 13.2. The zero-order valence-corrected chi connectivity index (χ0v) is 15.9. The predicted octanol–water partition coefficient (Wildman–Crippen LogP) is 5.66. The van der Waals surface area contributed by atoms with Crippen LogP contribution in [0.5, 0.6) is 5.75 Å². The monoisotopic (exact) mass is 357 g/mol. The summed E-state index contributed by atoms with van der Waals surface area (Å²) < 4.78 is 0. The van der Waals surface area contributed by atoms with Crippen molar-refractivity contribution in [3.63, 3.8) is 0 Å². The molecule has 138 valence electrons. The minimum Gasteiger partial charge on any atom is -0.508 e. The number of rotatable bonds is 5. The van der Waals surface area contributed by atoms with Gasteiger partial charge in [-0.1, -0.05) is 73.7 Å². The lowest BCUT2D eigenvalue weighted by atomic mass is 9.86. The molecule has 0 bridgehead atoms. The van der Waals surface area contributed by atoms with Crippen LogP contribution in [0.25, 0.3) is 11.1 Å². The summed E-state index contributed by atoms with van der Waals surface area (Å²) >= 11 is 0. The molecular formula is C25H27NO. The fraction of sp³-hybridized carbons (Fsp3) is 0.280. The Balaban J connectivity index is 1.47. The molecule has 1 aliphatic rings. The van der Waals surface area contributed by atoms with Crippen molar-refractivity contribution in [2.75, 3.05) is 0 Å². The van der Waals surface area contributed by atoms with Crippen molar-refractivity contribution < 1.29 is 5.11 Å². The van der Waals surface area contributed by atoms with Crippen LogP contribution in [0, 0.1) is 0 Å². The summed E-state index contributed by atoms with van der Waals surface area (Å²) in [4.78, 5) is 0. The minimum atomic E-state index is 0.340. The van der Waals surface area contributed by atoms with Gasteiger partial charge in [-0.15, -0.1) is 0 Å². The highest BCUT2D eigenvalue weighted by Crippen LogP contribution is 2.30. The maximum atomic E-state index is 10.2. The SMILES string of the molecule is CCC(NC1CCc2cccc(O)c2C1)c1ccc(-c2ccccc2)cc1. The van der Waals surface area contributed by atoms with Crippen LogP contribution in [0.2, 0.25) is 0 Å². The number of phenolic OH excluding ortho intramolecular Hbond substituents is 1. The van der Waals surface area contributed by atoms with E-state index in [9.17, 15) is 5.11 Å². The molecule has 2 unspecified atom stereocenters. The van der Waals surface area contributed by atoms with Crippen molar-refractivity contribution in [3.8, 4) is 16.9 Å². The van der Waals surface area contributed by atoms with Gasteiger partial charge in [-0.25, -0.2) is 0 Å². The van der Waals surface area contributed by atoms with E-state index in [4.69, 9.17) is 0 Å². The molecule has 27 heavy (non-hydrogen) atoms. The van der Waals surface area contributed by atoms with Crippen molar-refractivity contribution in [2.45, 2.75) is 44.7 Å². The van der Waals surface area contributed by atoms with Crippen LogP contribution in [0.4, 0.5) is 0 Å². The number of aromatic hydroxyl groups is 1. The molecule has 1 aliphatic carbocycles. The average Bonchev–Trinajstić information content (AvgIpc) is 2.73. The Morgan fingerprint density at radius 2 is 1.67 bits per heavy atom. The first-order valence-corrected chi connectivity index (χ1v) is 9.95. The minimum absolute atomic E-state index is 0.340. The number of hydrogen-bond donors (Lipinski definition) is 2. The van der Waals surface area contributed by atoms with Crippen molar-refractivity contribution in [2.24, 2.45) is 0 Å². The van der Waals surface area contributed by atoms with Crippen LogP contribution < -0.4 is 5.32 Å². The van der Waals surface area contributed by atoms with Crippen LogP contribution in [0.3, 0.4) is 0 Å². The Morgan fingerprint density at radius 3 is 2.41 bits per heavy atom. The largest absolute Gasteiger partial charge is 0.508 e. The summed E-state index contributed by atoms with van der Waals surface area (Å²) in [5, 5.41) is 14.0. The zero-order chi connectivity index (χ0) is 18.6. The van der Waals surface area contributed by atoms with Gasteiger partial charge in [-0.3, -0.25) is 0 Å². The van der Waals surface area contributed by atoms with E-state index in [1.165, 1.54) is 22.3 Å². The first kappa shape index (κ1) is 17.8. The smallest absolute Gasteiger partial charge is 0.119 e. The van der Waals surface area contributed by atoms with E-state index in [0.29, 0.717) is 17.8 Å². The Bertz CT molecular complexity index is 886. The lowest BCUT2D eigenvalue weighted by Gasteiger charge is -2.30. The maximum absolute atomic E-state index is 10.2. The van der Waals surface area contributed by atoms with Crippen LogP contribution in [-0.2, 0) is 12.8 Å². The van der Waals surface area contributed by atoms with Gasteiger partial charge in [0, 0.05) is 12.1 Å². The lowest BCUT2D eigenvalue weighted by Crippen LogP contribution is -2.37. The second kappa shape index (κ2) is 7.98. The normalized spacial score (nSPS) is 17.3. The first-order valence-electron chi connectivity index (χ1n) is 9.95. The fourth-order valence-electron chi connectivity index (χ4n) is 4.18. The molecule has 3 aromatic carbocycles. The van der Waals surface area contributed by atoms with Crippen molar-refractivity contribution in [3.05, 3.63) is 89.5 Å². The number of phenols is 1. The van der Waals surface area contributed by atoms with Gasteiger partial charge >= 0.3 is 0 Å². The second-order valence-corrected chi connectivity index (χ2v) is 7.47. The number of nitrogens with one attached hydrogen (secondary N) is 1. The molecule has 2 nitrogen and oxygen atoms in total. The summed E-state index contributed by atoms with van der Waals surface area (Å²) in [6, 6.07) is 26.1. The van der Waals surface area contributed by atoms with Crippen molar-refractivity contribution >= 4 is 0 Å². The van der Waals surface area contributed by atoms with Gasteiger partial charge in [0.25, 0.3) is 0 Å². The molecule has 0 aliphatic heterocycles. The van der Waals surface area contributed by atoms with E-state index in [2.05, 4.69) is 72.9 Å². The molecule has 3 aromatic rings. The molecule has 0 saturated carbocycles. The molecule has 0 saturated heterocycles. The molecule has 2 heteroatoms. The molecule has 0 spiro atoms. The van der Waals surface area contributed by atoms with E-state index in [1.807, 2.05) is 6.07 Å². The number of hydrogen-bond acceptors (Lipinski definition) is 2. The molecule has 2 N–H and O–H groups in total. The van der Waals surface area contributed by atoms with Crippen LogP contribution >= 0.6 is 0 Å². The molecular weight excluding hydrogens is 330 g/mol. The fourth-order valence-corrected chi connectivity index (χ4v) is 4.18. The summed E-state index contributed by atoms with van der Waals surface area (Å²) in [6.07, 6.45) is 4.11. The van der Waals surface area contributed by atoms with Gasteiger partial charge in [-0.2, -0.15) is 0 Å². The number of benzene rings is 3. The van der Waals surface area contributed by atoms with E-state index >= 15 is 0 Å². The van der Waals surface area contributed by atoms with E-state index in [1.54, 1.807) is 6.07 Å². The Kier molecular flexibility index (Phi) is 5.26. The Hall–Kier alpha value is -2.58. The third kappa shape index (κ3) is 3.91.